The lowest BCUT2D eigenvalue weighted by molar-refractivity contribution is -0.137. The molecule has 1 N–H and O–H groups in total. The number of ether oxygens (including phenoxy) is 1. The first kappa shape index (κ1) is 18.2. The van der Waals surface area contributed by atoms with Crippen molar-refractivity contribution in [3.63, 3.8) is 0 Å². The van der Waals surface area contributed by atoms with Gasteiger partial charge in [0.05, 0.1) is 24.3 Å². The lowest BCUT2D eigenvalue weighted by Crippen LogP contribution is -2.43. The van der Waals surface area contributed by atoms with Crippen LogP contribution in [0, 0.1) is 0 Å². The number of nitrogens with one attached hydrogen (secondary N) is 1. The Morgan fingerprint density at radius 1 is 1.19 bits per heavy atom. The van der Waals surface area contributed by atoms with Gasteiger partial charge in [-0.1, -0.05) is 18.2 Å². The molecule has 1 saturated heterocycles. The second-order valence-electron chi connectivity index (χ2n) is 6.10. The van der Waals surface area contributed by atoms with Crippen LogP contribution in [0.3, 0.4) is 0 Å². The highest BCUT2D eigenvalue weighted by Gasteiger charge is 2.30. The van der Waals surface area contributed by atoms with E-state index in [0.717, 1.165) is 16.7 Å². The highest BCUT2D eigenvalue weighted by atomic mass is 19.4. The zero-order chi connectivity index (χ0) is 18.9. The third kappa shape index (κ3) is 3.67. The van der Waals surface area contributed by atoms with Gasteiger partial charge in [-0.15, -0.1) is 0 Å². The molecule has 0 amide bonds. The summed E-state index contributed by atoms with van der Waals surface area (Å²) >= 11 is 0. The van der Waals surface area contributed by atoms with Gasteiger partial charge in [-0.25, -0.2) is 4.79 Å². The van der Waals surface area contributed by atoms with Gasteiger partial charge < -0.3 is 9.64 Å². The van der Waals surface area contributed by atoms with Gasteiger partial charge in [0.15, 0.2) is 0 Å². The van der Waals surface area contributed by atoms with Crippen molar-refractivity contribution < 1.29 is 17.9 Å². The van der Waals surface area contributed by atoms with E-state index in [2.05, 4.69) is 4.98 Å². The molecule has 0 bridgehead atoms. The summed E-state index contributed by atoms with van der Waals surface area (Å²) in [7, 11) is 1.33. The Bertz CT molecular complexity index is 912. The molecule has 3 rings (SSSR count). The molecular weight excluding hydrogens is 351 g/mol. The van der Waals surface area contributed by atoms with Gasteiger partial charge in [-0.2, -0.15) is 13.2 Å². The third-order valence-electron chi connectivity index (χ3n) is 4.34. The Balaban J connectivity index is 2.05. The van der Waals surface area contributed by atoms with Gasteiger partial charge in [0.2, 0.25) is 0 Å². The molecule has 1 aromatic carbocycles. The molecule has 26 heavy (non-hydrogen) atoms. The number of nitrogens with zero attached hydrogens (tertiary/aromatic N) is 2. The molecule has 2 aromatic rings. The van der Waals surface area contributed by atoms with Gasteiger partial charge in [-0.05, 0) is 11.6 Å². The quantitative estimate of drug-likeness (QED) is 0.891. The number of halogens is 3. The molecule has 0 unspecified atom stereocenters. The van der Waals surface area contributed by atoms with Crippen LogP contribution < -0.4 is 16.1 Å². The second-order valence-corrected chi connectivity index (χ2v) is 6.10. The molecule has 1 aliphatic rings. The van der Waals surface area contributed by atoms with E-state index in [9.17, 15) is 22.8 Å². The highest BCUT2D eigenvalue weighted by molar-refractivity contribution is 5.48. The Kier molecular flexibility index (Phi) is 4.90. The molecular formula is C17H18F3N3O3. The summed E-state index contributed by atoms with van der Waals surface area (Å²) in [5.41, 5.74) is -1.26. The molecule has 2 heterocycles. The number of H-pyrrole nitrogens is 1. The smallest absolute Gasteiger partial charge is 0.378 e. The van der Waals surface area contributed by atoms with E-state index in [-0.39, 0.29) is 12.0 Å². The Morgan fingerprint density at radius 3 is 2.54 bits per heavy atom. The largest absolute Gasteiger partial charge is 0.416 e. The minimum absolute atomic E-state index is 0.0138. The molecule has 9 heteroatoms. The standard InChI is InChI=1S/C17H18F3N3O3/c1-22-15(24)13(10-11-3-2-4-12(9-11)17(18,19)20)14(21-16(22)25)23-5-7-26-8-6-23/h2-4,9H,5-8,10H2,1H3,(H,21,25). The summed E-state index contributed by atoms with van der Waals surface area (Å²) in [6.07, 6.45) is -4.47. The van der Waals surface area contributed by atoms with Crippen LogP contribution in [-0.4, -0.2) is 35.9 Å². The minimum atomic E-state index is -4.46. The van der Waals surface area contributed by atoms with E-state index in [1.165, 1.54) is 19.2 Å². The van der Waals surface area contributed by atoms with Crippen LogP contribution in [0.4, 0.5) is 19.0 Å². The molecule has 1 fully saturated rings. The average molecular weight is 369 g/mol. The van der Waals surface area contributed by atoms with E-state index in [1.54, 1.807) is 0 Å². The molecule has 1 aromatic heterocycles. The van der Waals surface area contributed by atoms with Crippen molar-refractivity contribution in [1.82, 2.24) is 9.55 Å². The van der Waals surface area contributed by atoms with E-state index in [0.29, 0.717) is 37.7 Å². The summed E-state index contributed by atoms with van der Waals surface area (Å²) < 4.78 is 45.0. The lowest BCUT2D eigenvalue weighted by Gasteiger charge is -2.29. The van der Waals surface area contributed by atoms with Crippen LogP contribution in [0.5, 0.6) is 0 Å². The SMILES string of the molecule is Cn1c(=O)[nH]c(N2CCOCC2)c(Cc2cccc(C(F)(F)F)c2)c1=O. The van der Waals surface area contributed by atoms with Gasteiger partial charge >= 0.3 is 11.9 Å². The normalized spacial score (nSPS) is 15.3. The lowest BCUT2D eigenvalue weighted by atomic mass is 10.0. The second kappa shape index (κ2) is 6.99. The summed E-state index contributed by atoms with van der Waals surface area (Å²) in [6, 6.07) is 4.84. The molecule has 0 saturated carbocycles. The number of rotatable bonds is 3. The summed E-state index contributed by atoms with van der Waals surface area (Å²) in [4.78, 5) is 29.1. The van der Waals surface area contributed by atoms with Crippen molar-refractivity contribution in [1.29, 1.82) is 0 Å². The first-order valence-corrected chi connectivity index (χ1v) is 8.08. The van der Waals surface area contributed by atoms with Gasteiger partial charge in [0, 0.05) is 26.6 Å². The number of benzene rings is 1. The van der Waals surface area contributed by atoms with E-state index < -0.39 is 23.0 Å². The maximum absolute atomic E-state index is 12.9. The monoisotopic (exact) mass is 369 g/mol. The summed E-state index contributed by atoms with van der Waals surface area (Å²) in [6.45, 7) is 1.86. The predicted octanol–water partition coefficient (Wildman–Crippen LogP) is 1.52. The van der Waals surface area contributed by atoms with Crippen molar-refractivity contribution in [3.8, 4) is 0 Å². The molecule has 1 aliphatic heterocycles. The van der Waals surface area contributed by atoms with E-state index in [1.807, 2.05) is 4.90 Å². The highest BCUT2D eigenvalue weighted by Crippen LogP contribution is 2.30. The number of aromatic amines is 1. The number of hydrogen-bond donors (Lipinski definition) is 1. The zero-order valence-corrected chi connectivity index (χ0v) is 14.1. The molecule has 0 radical (unpaired) electrons. The Morgan fingerprint density at radius 2 is 1.88 bits per heavy atom. The Hall–Kier alpha value is -2.55. The summed E-state index contributed by atoms with van der Waals surface area (Å²) in [5.74, 6) is 0.346. The van der Waals surface area contributed by atoms with Gasteiger partial charge in [-0.3, -0.25) is 14.3 Å². The maximum atomic E-state index is 12.9. The molecule has 0 atom stereocenters. The van der Waals surface area contributed by atoms with E-state index >= 15 is 0 Å². The van der Waals surface area contributed by atoms with Crippen molar-refractivity contribution in [2.45, 2.75) is 12.6 Å². The average Bonchev–Trinajstić information content (AvgIpc) is 2.62. The van der Waals surface area contributed by atoms with Crippen molar-refractivity contribution in [2.24, 2.45) is 7.05 Å². The Labute approximate surface area is 146 Å². The first-order chi connectivity index (χ1) is 12.3. The van der Waals surface area contributed by atoms with Gasteiger partial charge in [0.25, 0.3) is 5.56 Å². The minimum Gasteiger partial charge on any atom is -0.378 e. The predicted molar refractivity (Wildman–Crippen MR) is 89.6 cm³/mol. The van der Waals surface area contributed by atoms with Crippen LogP contribution in [0.15, 0.2) is 33.9 Å². The van der Waals surface area contributed by atoms with Crippen LogP contribution in [0.2, 0.25) is 0 Å². The topological polar surface area (TPSA) is 67.3 Å². The van der Waals surface area contributed by atoms with Crippen molar-refractivity contribution >= 4 is 5.82 Å². The number of alkyl halides is 3. The number of hydrogen-bond acceptors (Lipinski definition) is 4. The molecule has 0 aliphatic carbocycles. The van der Waals surface area contributed by atoms with Gasteiger partial charge in [0.1, 0.15) is 5.82 Å². The van der Waals surface area contributed by atoms with Crippen molar-refractivity contribution in [2.75, 3.05) is 31.2 Å². The number of anilines is 1. The van der Waals surface area contributed by atoms with Crippen LogP contribution in [0.25, 0.3) is 0 Å². The van der Waals surface area contributed by atoms with Crippen molar-refractivity contribution in [3.05, 3.63) is 61.8 Å². The number of morpholine rings is 1. The maximum Gasteiger partial charge on any atom is 0.416 e. The van der Waals surface area contributed by atoms with E-state index in [4.69, 9.17) is 4.74 Å². The fraction of sp³-hybridized carbons (Fsp3) is 0.412. The third-order valence-corrected chi connectivity index (χ3v) is 4.34. The van der Waals surface area contributed by atoms with Crippen LogP contribution in [0.1, 0.15) is 16.7 Å². The summed E-state index contributed by atoms with van der Waals surface area (Å²) in [5, 5.41) is 0. The fourth-order valence-corrected chi connectivity index (χ4v) is 2.93. The zero-order valence-electron chi connectivity index (χ0n) is 14.1. The van der Waals surface area contributed by atoms with Crippen LogP contribution in [-0.2, 0) is 24.4 Å². The fourth-order valence-electron chi connectivity index (χ4n) is 2.93. The first-order valence-electron chi connectivity index (χ1n) is 8.08. The molecule has 0 spiro atoms. The molecule has 140 valence electrons. The van der Waals surface area contributed by atoms with Crippen LogP contribution >= 0.6 is 0 Å². The number of aromatic nitrogens is 2. The molecule has 6 nitrogen and oxygen atoms in total.